The van der Waals surface area contributed by atoms with Crippen LogP contribution in [0.25, 0.3) is 5.69 Å². The van der Waals surface area contributed by atoms with Crippen LogP contribution in [0.1, 0.15) is 66.8 Å². The maximum atomic E-state index is 13.8. The van der Waals surface area contributed by atoms with E-state index in [0.717, 1.165) is 59.6 Å². The molecule has 2 aliphatic rings. The minimum absolute atomic E-state index is 0.00873. The lowest BCUT2D eigenvalue weighted by Crippen LogP contribution is -2.43. The second-order valence-electron chi connectivity index (χ2n) is 11.3. The van der Waals surface area contributed by atoms with Crippen LogP contribution in [0.4, 0.5) is 5.82 Å². The summed E-state index contributed by atoms with van der Waals surface area (Å²) in [5, 5.41) is 5.71. The Hall–Kier alpha value is -2.77. The number of rotatable bonds is 4. The van der Waals surface area contributed by atoms with E-state index in [-0.39, 0.29) is 34.8 Å². The first kappa shape index (κ1) is 26.8. The number of aryl methyl sites for hydroxylation is 1. The van der Waals surface area contributed by atoms with Gasteiger partial charge in [0, 0.05) is 29.1 Å². The number of anilines is 1. The molecule has 0 bridgehead atoms. The quantitative estimate of drug-likeness (QED) is 0.386. The molecule has 0 N–H and O–H groups in total. The van der Waals surface area contributed by atoms with Crippen LogP contribution >= 0.6 is 23.4 Å². The lowest BCUT2D eigenvalue weighted by atomic mass is 9.87. The predicted octanol–water partition coefficient (Wildman–Crippen LogP) is 6.23. The first-order valence-electron chi connectivity index (χ1n) is 13.2. The number of benzene rings is 2. The number of likely N-dealkylation sites (tertiary alicyclic amines) is 1. The summed E-state index contributed by atoms with van der Waals surface area (Å²) in [6.07, 6.45) is 2.01. The molecule has 5 rings (SSSR count). The molecule has 38 heavy (non-hydrogen) atoms. The van der Waals surface area contributed by atoms with Gasteiger partial charge in [-0.25, -0.2) is 4.68 Å². The Kier molecular flexibility index (Phi) is 7.35. The average molecular weight is 551 g/mol. The van der Waals surface area contributed by atoms with Gasteiger partial charge in [0.05, 0.1) is 22.4 Å². The van der Waals surface area contributed by atoms with E-state index in [1.54, 1.807) is 16.7 Å². The van der Waals surface area contributed by atoms with Crippen LogP contribution in [-0.4, -0.2) is 51.9 Å². The molecule has 1 atom stereocenters. The topological polar surface area (TPSA) is 58.4 Å². The van der Waals surface area contributed by atoms with Crippen LogP contribution in [0.2, 0.25) is 5.02 Å². The summed E-state index contributed by atoms with van der Waals surface area (Å²) in [4.78, 5) is 30.8. The number of carbonyl (C=O) groups excluding carboxylic acids is 2. The predicted molar refractivity (Wildman–Crippen MR) is 156 cm³/mol. The molecule has 3 heterocycles. The van der Waals surface area contributed by atoms with Crippen molar-refractivity contribution in [1.82, 2.24) is 14.7 Å². The first-order chi connectivity index (χ1) is 18.1. The van der Waals surface area contributed by atoms with Gasteiger partial charge in [-0.15, -0.1) is 11.8 Å². The molecule has 0 unspecified atom stereocenters. The number of nitrogens with zero attached hydrogens (tertiary/aromatic N) is 4. The standard InChI is InChI=1S/C30H35ClN4O2S/c1-19-10-8-13-23(20(19)2)35-29-26(28(32-35)30(3,4)5)27(21-11-9-12-22(31)16-21)38-18-25(37)34(29)17-24(36)33-14-6-7-15-33/h8-13,16,27H,6-7,14-15,17-18H2,1-5H3/t27-/m1/s1. The van der Waals surface area contributed by atoms with Crippen molar-refractivity contribution < 1.29 is 9.59 Å². The molecule has 1 fully saturated rings. The number of hydrogen-bond donors (Lipinski definition) is 0. The molecule has 2 amide bonds. The van der Waals surface area contributed by atoms with Crippen LogP contribution in [0.3, 0.4) is 0 Å². The fourth-order valence-electron chi connectivity index (χ4n) is 5.34. The van der Waals surface area contributed by atoms with E-state index < -0.39 is 0 Å². The zero-order chi connectivity index (χ0) is 27.2. The summed E-state index contributed by atoms with van der Waals surface area (Å²) in [6.45, 7) is 12.1. The number of aromatic nitrogens is 2. The molecule has 1 aromatic heterocycles. The van der Waals surface area contributed by atoms with Crippen molar-refractivity contribution in [3.05, 3.63) is 75.4 Å². The third kappa shape index (κ3) is 4.98. The van der Waals surface area contributed by atoms with E-state index >= 15 is 0 Å². The molecule has 2 aliphatic heterocycles. The highest BCUT2D eigenvalue weighted by Gasteiger charge is 2.40. The number of amides is 2. The Balaban J connectivity index is 1.78. The van der Waals surface area contributed by atoms with E-state index in [4.69, 9.17) is 16.7 Å². The van der Waals surface area contributed by atoms with Crippen molar-refractivity contribution in [2.45, 2.75) is 58.1 Å². The first-order valence-corrected chi connectivity index (χ1v) is 14.6. The van der Waals surface area contributed by atoms with E-state index in [1.165, 1.54) is 0 Å². The molecule has 0 radical (unpaired) electrons. The second kappa shape index (κ2) is 10.4. The summed E-state index contributed by atoms with van der Waals surface area (Å²) < 4.78 is 1.91. The molecule has 6 nitrogen and oxygen atoms in total. The third-order valence-corrected chi connectivity index (χ3v) is 9.00. The smallest absolute Gasteiger partial charge is 0.242 e. The molecule has 0 saturated carbocycles. The number of thioether (sulfide) groups is 1. The Morgan fingerprint density at radius 3 is 2.50 bits per heavy atom. The largest absolute Gasteiger partial charge is 0.341 e. The molecule has 3 aromatic rings. The molecular weight excluding hydrogens is 516 g/mol. The molecule has 1 saturated heterocycles. The van der Waals surface area contributed by atoms with Gasteiger partial charge in [-0.1, -0.05) is 56.6 Å². The van der Waals surface area contributed by atoms with Gasteiger partial charge in [-0.3, -0.25) is 14.5 Å². The molecule has 8 heteroatoms. The van der Waals surface area contributed by atoms with Crippen molar-refractivity contribution in [2.24, 2.45) is 0 Å². The van der Waals surface area contributed by atoms with Gasteiger partial charge < -0.3 is 4.90 Å². The van der Waals surface area contributed by atoms with Gasteiger partial charge in [-0.2, -0.15) is 5.10 Å². The van der Waals surface area contributed by atoms with Gasteiger partial charge in [0.15, 0.2) is 0 Å². The van der Waals surface area contributed by atoms with E-state index in [9.17, 15) is 9.59 Å². The van der Waals surface area contributed by atoms with Gasteiger partial charge in [0.1, 0.15) is 12.4 Å². The monoisotopic (exact) mass is 550 g/mol. The minimum atomic E-state index is -0.303. The zero-order valence-electron chi connectivity index (χ0n) is 22.8. The lowest BCUT2D eigenvalue weighted by Gasteiger charge is -2.26. The van der Waals surface area contributed by atoms with E-state index in [1.807, 2.05) is 39.9 Å². The summed E-state index contributed by atoms with van der Waals surface area (Å²) in [7, 11) is 0. The van der Waals surface area contributed by atoms with Crippen LogP contribution in [0.5, 0.6) is 0 Å². The Morgan fingerprint density at radius 2 is 1.82 bits per heavy atom. The Labute approximate surface area is 234 Å². The highest BCUT2D eigenvalue weighted by atomic mass is 35.5. The fraction of sp³-hybridized carbons (Fsp3) is 0.433. The van der Waals surface area contributed by atoms with Crippen LogP contribution in [0, 0.1) is 13.8 Å². The van der Waals surface area contributed by atoms with Gasteiger partial charge >= 0.3 is 0 Å². The van der Waals surface area contributed by atoms with Crippen LogP contribution in [-0.2, 0) is 15.0 Å². The van der Waals surface area contributed by atoms with Crippen molar-refractivity contribution in [1.29, 1.82) is 0 Å². The Bertz CT molecular complexity index is 1390. The summed E-state index contributed by atoms with van der Waals surface area (Å²) in [5.41, 5.74) is 5.76. The number of carbonyl (C=O) groups is 2. The number of fused-ring (bicyclic) bond motifs is 1. The lowest BCUT2D eigenvalue weighted by molar-refractivity contribution is -0.130. The van der Waals surface area contributed by atoms with E-state index in [0.29, 0.717) is 10.8 Å². The van der Waals surface area contributed by atoms with Gasteiger partial charge in [0.2, 0.25) is 11.8 Å². The van der Waals surface area contributed by atoms with Crippen molar-refractivity contribution >= 4 is 41.0 Å². The third-order valence-electron chi connectivity index (χ3n) is 7.51. The summed E-state index contributed by atoms with van der Waals surface area (Å²) in [6, 6.07) is 14.0. The van der Waals surface area contributed by atoms with Gasteiger partial charge in [0.25, 0.3) is 0 Å². The SMILES string of the molecule is Cc1cccc(-n2nc(C(C)(C)C)c3c2N(CC(=O)N2CCCC2)C(=O)CS[C@@H]3c2cccc(Cl)c2)c1C. The van der Waals surface area contributed by atoms with Crippen molar-refractivity contribution in [3.8, 4) is 5.69 Å². The van der Waals surface area contributed by atoms with Crippen molar-refractivity contribution in [2.75, 3.05) is 30.3 Å². The molecule has 2 aromatic carbocycles. The van der Waals surface area contributed by atoms with Crippen LogP contribution < -0.4 is 4.90 Å². The Morgan fingerprint density at radius 1 is 1.11 bits per heavy atom. The molecule has 200 valence electrons. The fourth-order valence-corrected chi connectivity index (χ4v) is 6.73. The average Bonchev–Trinajstić information content (AvgIpc) is 3.51. The zero-order valence-corrected chi connectivity index (χ0v) is 24.3. The summed E-state index contributed by atoms with van der Waals surface area (Å²) in [5.74, 6) is 0.852. The normalized spacial score (nSPS) is 18.1. The highest BCUT2D eigenvalue weighted by molar-refractivity contribution is 8.00. The molecule has 0 spiro atoms. The maximum absolute atomic E-state index is 13.8. The molecular formula is C30H35ClN4O2S. The maximum Gasteiger partial charge on any atom is 0.242 e. The second-order valence-corrected chi connectivity index (χ2v) is 12.8. The summed E-state index contributed by atoms with van der Waals surface area (Å²) >= 11 is 8.02. The van der Waals surface area contributed by atoms with E-state index in [2.05, 4.69) is 46.8 Å². The van der Waals surface area contributed by atoms with Crippen LogP contribution in [0.15, 0.2) is 42.5 Å². The minimum Gasteiger partial charge on any atom is -0.341 e. The highest BCUT2D eigenvalue weighted by Crippen LogP contribution is 2.49. The van der Waals surface area contributed by atoms with Crippen molar-refractivity contribution in [3.63, 3.8) is 0 Å². The number of halogens is 1. The molecule has 0 aliphatic carbocycles. The van der Waals surface area contributed by atoms with Gasteiger partial charge in [-0.05, 0) is 61.6 Å². The number of hydrogen-bond acceptors (Lipinski definition) is 4.